The lowest BCUT2D eigenvalue weighted by Gasteiger charge is -1.89. The molecule has 9 heavy (non-hydrogen) atoms. The highest BCUT2D eigenvalue weighted by Crippen LogP contribution is 1.78. The van der Waals surface area contributed by atoms with Crippen LogP contribution >= 0.6 is 0 Å². The van der Waals surface area contributed by atoms with Gasteiger partial charge in [0.05, 0.1) is 6.54 Å². The van der Waals surface area contributed by atoms with E-state index in [1.165, 1.54) is 4.80 Å². The molecule has 0 amide bonds. The first kappa shape index (κ1) is 6.15. The van der Waals surface area contributed by atoms with Gasteiger partial charge in [-0.25, -0.2) is 0 Å². The summed E-state index contributed by atoms with van der Waals surface area (Å²) in [7, 11) is 0. The number of nitrogens with zero attached hydrogens (tertiary/aromatic N) is 4. The second-order valence-corrected chi connectivity index (χ2v) is 1.72. The van der Waals surface area contributed by atoms with Crippen LogP contribution in [-0.2, 0) is 6.54 Å². The van der Waals surface area contributed by atoms with Crippen molar-refractivity contribution in [2.75, 3.05) is 6.54 Å². The second kappa shape index (κ2) is 2.54. The predicted octanol–water partition coefficient (Wildman–Crippen LogP) is -1.06. The van der Waals surface area contributed by atoms with Crippen molar-refractivity contribution in [2.24, 2.45) is 5.73 Å². The zero-order valence-corrected chi connectivity index (χ0v) is 5.28. The number of tetrazole rings is 1. The van der Waals surface area contributed by atoms with Crippen LogP contribution in [0, 0.1) is 6.92 Å². The SMILES string of the molecule is Cc1nnn(CCN)n1. The fourth-order valence-electron chi connectivity index (χ4n) is 0.534. The Morgan fingerprint density at radius 2 is 2.44 bits per heavy atom. The summed E-state index contributed by atoms with van der Waals surface area (Å²) in [6, 6.07) is 0. The average molecular weight is 127 g/mol. The van der Waals surface area contributed by atoms with Gasteiger partial charge in [0.1, 0.15) is 0 Å². The van der Waals surface area contributed by atoms with Crippen LogP contribution in [0.2, 0.25) is 0 Å². The van der Waals surface area contributed by atoms with E-state index in [-0.39, 0.29) is 0 Å². The van der Waals surface area contributed by atoms with Gasteiger partial charge in [-0.1, -0.05) is 0 Å². The summed E-state index contributed by atoms with van der Waals surface area (Å²) >= 11 is 0. The Labute approximate surface area is 52.8 Å². The molecule has 0 aliphatic heterocycles. The van der Waals surface area contributed by atoms with Gasteiger partial charge < -0.3 is 5.73 Å². The summed E-state index contributed by atoms with van der Waals surface area (Å²) in [6.07, 6.45) is 0. The molecule has 2 N–H and O–H groups in total. The van der Waals surface area contributed by atoms with Crippen molar-refractivity contribution in [1.29, 1.82) is 0 Å². The van der Waals surface area contributed by atoms with Crippen LogP contribution in [-0.4, -0.2) is 26.8 Å². The van der Waals surface area contributed by atoms with E-state index in [4.69, 9.17) is 5.73 Å². The van der Waals surface area contributed by atoms with Crippen molar-refractivity contribution in [2.45, 2.75) is 13.5 Å². The molecule has 1 aromatic heterocycles. The van der Waals surface area contributed by atoms with Crippen LogP contribution < -0.4 is 5.73 Å². The highest BCUT2D eigenvalue weighted by molar-refractivity contribution is 4.66. The van der Waals surface area contributed by atoms with Crippen molar-refractivity contribution in [3.8, 4) is 0 Å². The summed E-state index contributed by atoms with van der Waals surface area (Å²) in [6.45, 7) is 2.98. The van der Waals surface area contributed by atoms with E-state index in [1.807, 2.05) is 0 Å². The van der Waals surface area contributed by atoms with Crippen LogP contribution in [0.1, 0.15) is 5.82 Å². The van der Waals surface area contributed by atoms with Gasteiger partial charge in [-0.2, -0.15) is 4.80 Å². The quantitative estimate of drug-likeness (QED) is 0.549. The molecule has 1 heterocycles. The normalized spacial score (nSPS) is 10.0. The minimum atomic E-state index is 0.551. The highest BCUT2D eigenvalue weighted by atomic mass is 15.6. The number of hydrogen-bond acceptors (Lipinski definition) is 4. The molecule has 1 rings (SSSR count). The Morgan fingerprint density at radius 1 is 1.67 bits per heavy atom. The molecule has 5 nitrogen and oxygen atoms in total. The maximum atomic E-state index is 5.24. The monoisotopic (exact) mass is 127 g/mol. The van der Waals surface area contributed by atoms with E-state index in [0.717, 1.165) is 0 Å². The Morgan fingerprint density at radius 3 is 2.89 bits per heavy atom. The molecule has 0 fully saturated rings. The van der Waals surface area contributed by atoms with Gasteiger partial charge in [-0.05, 0) is 12.1 Å². The third kappa shape index (κ3) is 1.46. The van der Waals surface area contributed by atoms with E-state index in [2.05, 4.69) is 15.4 Å². The van der Waals surface area contributed by atoms with Gasteiger partial charge in [0.25, 0.3) is 0 Å². The molecule has 1 aromatic rings. The predicted molar refractivity (Wildman–Crippen MR) is 31.6 cm³/mol. The number of rotatable bonds is 2. The Bertz CT molecular complexity index is 181. The van der Waals surface area contributed by atoms with E-state index in [9.17, 15) is 0 Å². The van der Waals surface area contributed by atoms with Gasteiger partial charge in [-0.3, -0.25) is 0 Å². The first-order chi connectivity index (χ1) is 4.33. The Hall–Kier alpha value is -0.970. The molecule has 0 aliphatic carbocycles. The van der Waals surface area contributed by atoms with E-state index in [0.29, 0.717) is 18.9 Å². The van der Waals surface area contributed by atoms with Crippen LogP contribution in [0.5, 0.6) is 0 Å². The van der Waals surface area contributed by atoms with E-state index >= 15 is 0 Å². The third-order valence-corrected chi connectivity index (χ3v) is 0.882. The molecule has 0 spiro atoms. The summed E-state index contributed by atoms with van der Waals surface area (Å²) in [5.74, 6) is 0.684. The van der Waals surface area contributed by atoms with Crippen LogP contribution in [0.15, 0.2) is 0 Å². The van der Waals surface area contributed by atoms with Gasteiger partial charge in [0.2, 0.25) is 0 Å². The Kier molecular flexibility index (Phi) is 1.74. The standard InChI is InChI=1S/C4H9N5/c1-4-6-8-9(7-4)3-2-5/h2-3,5H2,1H3. The molecule has 0 aromatic carbocycles. The topological polar surface area (TPSA) is 69.6 Å². The summed E-state index contributed by atoms with van der Waals surface area (Å²) < 4.78 is 0. The minimum absolute atomic E-state index is 0.551. The smallest absolute Gasteiger partial charge is 0.171 e. The first-order valence-electron chi connectivity index (χ1n) is 2.77. The van der Waals surface area contributed by atoms with Crippen molar-refractivity contribution in [1.82, 2.24) is 20.2 Å². The largest absolute Gasteiger partial charge is 0.329 e. The van der Waals surface area contributed by atoms with Crippen molar-refractivity contribution < 1.29 is 0 Å². The zero-order chi connectivity index (χ0) is 6.69. The van der Waals surface area contributed by atoms with Crippen molar-refractivity contribution in [3.05, 3.63) is 5.82 Å². The Balaban J connectivity index is 2.61. The van der Waals surface area contributed by atoms with E-state index < -0.39 is 0 Å². The molecule has 0 saturated heterocycles. The van der Waals surface area contributed by atoms with Crippen LogP contribution in [0.3, 0.4) is 0 Å². The highest BCUT2D eigenvalue weighted by Gasteiger charge is 1.92. The van der Waals surface area contributed by atoms with Crippen LogP contribution in [0.25, 0.3) is 0 Å². The molecular formula is C4H9N5. The summed E-state index contributed by atoms with van der Waals surface area (Å²) in [5, 5.41) is 11.3. The minimum Gasteiger partial charge on any atom is -0.329 e. The lowest BCUT2D eigenvalue weighted by atomic mass is 10.7. The molecule has 0 aliphatic rings. The molecular weight excluding hydrogens is 118 g/mol. The number of hydrogen-bond donors (Lipinski definition) is 1. The van der Waals surface area contributed by atoms with Crippen molar-refractivity contribution >= 4 is 0 Å². The fourth-order valence-corrected chi connectivity index (χ4v) is 0.534. The second-order valence-electron chi connectivity index (χ2n) is 1.72. The maximum absolute atomic E-state index is 5.24. The first-order valence-corrected chi connectivity index (χ1v) is 2.77. The summed E-state index contributed by atoms with van der Waals surface area (Å²) in [4.78, 5) is 1.48. The molecule has 5 heteroatoms. The lowest BCUT2D eigenvalue weighted by molar-refractivity contribution is 0.529. The maximum Gasteiger partial charge on any atom is 0.171 e. The van der Waals surface area contributed by atoms with Gasteiger partial charge in [0.15, 0.2) is 5.82 Å². The molecule has 0 unspecified atom stereocenters. The lowest BCUT2D eigenvalue weighted by Crippen LogP contribution is -2.12. The van der Waals surface area contributed by atoms with Crippen LogP contribution in [0.4, 0.5) is 0 Å². The molecule has 0 radical (unpaired) electrons. The molecule has 0 saturated carbocycles. The average Bonchev–Trinajstić information content (AvgIpc) is 2.17. The molecule has 50 valence electrons. The number of nitrogens with two attached hydrogens (primary N) is 1. The number of aromatic nitrogens is 4. The molecule has 0 atom stereocenters. The fraction of sp³-hybridized carbons (Fsp3) is 0.750. The van der Waals surface area contributed by atoms with Gasteiger partial charge >= 0.3 is 0 Å². The number of aryl methyl sites for hydroxylation is 1. The molecule has 0 bridgehead atoms. The summed E-state index contributed by atoms with van der Waals surface area (Å²) in [5.41, 5.74) is 5.24. The van der Waals surface area contributed by atoms with Gasteiger partial charge in [-0.15, -0.1) is 10.2 Å². The van der Waals surface area contributed by atoms with E-state index in [1.54, 1.807) is 6.92 Å². The van der Waals surface area contributed by atoms with Gasteiger partial charge in [0, 0.05) is 6.54 Å². The van der Waals surface area contributed by atoms with Crippen molar-refractivity contribution in [3.63, 3.8) is 0 Å². The third-order valence-electron chi connectivity index (χ3n) is 0.882. The zero-order valence-electron chi connectivity index (χ0n) is 5.28.